The van der Waals surface area contributed by atoms with Crippen molar-refractivity contribution in [3.05, 3.63) is 71.7 Å². The molecule has 2 aromatic carbocycles. The summed E-state index contributed by atoms with van der Waals surface area (Å²) in [5, 5.41) is 49.0. The number of Topliss-reactive ketones (excluding diaryl/α,β-unsaturated/α-hetero) is 1. The standard InChI is InChI=1S/C43H51N3O11/c1-10-26-14-16-46-30(18-26)44-34-33-31-27(48)19-29-32(33)41(52)43(8,57-29)55-17-15-28(54-9)22(4)40(56-25(7)47)24(6)38(50)23(5)37(49)20(2)12-11-13-21(3)42(53)45-35(36(34)46)39(31)51/h11-20,22-24,28,37-38,40,48-51H,10H2,1-9H3,(H,45,53)/b12-11+,17-15+,21-13-/t20-,22+,23+,24+,28-,37-,38+,40+,43-/m0/s1. The van der Waals surface area contributed by atoms with E-state index in [9.17, 15) is 34.8 Å². The van der Waals surface area contributed by atoms with Gasteiger partial charge in [-0.3, -0.25) is 18.8 Å². The van der Waals surface area contributed by atoms with Crippen molar-refractivity contribution in [1.29, 1.82) is 0 Å². The number of carbonyl (C=O) groups is 3. The lowest BCUT2D eigenvalue weighted by Gasteiger charge is -2.38. The van der Waals surface area contributed by atoms with Gasteiger partial charge in [0.2, 0.25) is 0 Å². The average molecular weight is 786 g/mol. The molecule has 1 amide bonds. The van der Waals surface area contributed by atoms with Gasteiger partial charge in [0.1, 0.15) is 40.0 Å². The van der Waals surface area contributed by atoms with Gasteiger partial charge in [0.05, 0.1) is 35.5 Å². The SMILES string of the molecule is CCc1ccn2c(c1)nc1c3c4c5cc(O)c3c(O)c(c12)NC(=O)/C(C)=C\C=C\[C@H](C)[C@H](O)[C@@H](C)[C@@H](O)[C@@H](C)[C@H](OC(C)=O)[C@H](C)[C@@H](OC)/C=C/O[C@@](C)(O5)C4=O. The number of ether oxygens (including phenoxy) is 4. The first kappa shape index (κ1) is 41.2. The van der Waals surface area contributed by atoms with Crippen LogP contribution in [-0.4, -0.2) is 84.8 Å². The van der Waals surface area contributed by atoms with Crippen LogP contribution in [-0.2, 0) is 30.2 Å². The zero-order chi connectivity index (χ0) is 41.7. The van der Waals surface area contributed by atoms with Gasteiger partial charge in [-0.25, -0.2) is 4.98 Å². The number of phenols is 2. The van der Waals surface area contributed by atoms with Crippen LogP contribution in [0.15, 0.2) is 60.5 Å². The number of pyridine rings is 1. The Labute approximate surface area is 330 Å². The van der Waals surface area contributed by atoms with Gasteiger partial charge < -0.3 is 44.7 Å². The number of carbonyl (C=O) groups excluding carboxylic acids is 3. The third kappa shape index (κ3) is 7.33. The number of rotatable bonds is 3. The first-order chi connectivity index (χ1) is 26.9. The zero-order valence-electron chi connectivity index (χ0n) is 33.6. The summed E-state index contributed by atoms with van der Waals surface area (Å²) in [5.41, 5.74) is 2.14. The summed E-state index contributed by atoms with van der Waals surface area (Å²) in [5.74, 6) is -7.04. The normalized spacial score (nSPS) is 30.8. The highest BCUT2D eigenvalue weighted by Gasteiger charge is 2.49. The maximum atomic E-state index is 14.5. The quantitative estimate of drug-likeness (QED) is 0.118. The molecule has 57 heavy (non-hydrogen) atoms. The Morgan fingerprint density at radius 2 is 1.75 bits per heavy atom. The number of esters is 1. The van der Waals surface area contributed by atoms with Gasteiger partial charge >= 0.3 is 11.8 Å². The fourth-order valence-electron chi connectivity index (χ4n) is 7.98. The zero-order valence-corrected chi connectivity index (χ0v) is 33.6. The molecule has 5 bridgehead atoms. The lowest BCUT2D eigenvalue weighted by molar-refractivity contribution is -0.160. The molecule has 5 N–H and O–H groups in total. The van der Waals surface area contributed by atoms with E-state index in [4.69, 9.17) is 23.9 Å². The van der Waals surface area contributed by atoms with Crippen molar-refractivity contribution >= 4 is 50.8 Å². The Balaban J connectivity index is 1.56. The number of phenolic OH excluding ortho intramolecular Hbond substituents is 2. The van der Waals surface area contributed by atoms with Gasteiger partial charge in [0.15, 0.2) is 5.75 Å². The van der Waals surface area contributed by atoms with Gasteiger partial charge in [0.25, 0.3) is 11.7 Å². The van der Waals surface area contributed by atoms with Crippen LogP contribution in [0, 0.1) is 23.7 Å². The molecular weight excluding hydrogens is 734 g/mol. The summed E-state index contributed by atoms with van der Waals surface area (Å²) in [7, 11) is 1.46. The topological polar surface area (TPSA) is 198 Å². The lowest BCUT2D eigenvalue weighted by atomic mass is 9.78. The Bertz CT molecular complexity index is 2350. The number of fused-ring (bicyclic) bond motifs is 14. The van der Waals surface area contributed by atoms with Crippen molar-refractivity contribution in [2.45, 2.75) is 92.0 Å². The lowest BCUT2D eigenvalue weighted by Crippen LogP contribution is -2.46. The smallest absolute Gasteiger partial charge is 0.312 e. The molecular formula is C43H51N3O11. The van der Waals surface area contributed by atoms with Crippen molar-refractivity contribution < 1.29 is 53.8 Å². The van der Waals surface area contributed by atoms with E-state index < -0.39 is 83.0 Å². The first-order valence-corrected chi connectivity index (χ1v) is 19.1. The highest BCUT2D eigenvalue weighted by molar-refractivity contribution is 6.28. The molecule has 0 spiro atoms. The summed E-state index contributed by atoms with van der Waals surface area (Å²) in [6, 6.07) is 4.95. The summed E-state index contributed by atoms with van der Waals surface area (Å²) in [4.78, 5) is 45.4. The molecule has 4 aromatic rings. The van der Waals surface area contributed by atoms with E-state index in [1.165, 1.54) is 39.4 Å². The van der Waals surface area contributed by atoms with Crippen LogP contribution in [0.25, 0.3) is 27.5 Å². The molecule has 0 unspecified atom stereocenters. The molecule has 0 fully saturated rings. The summed E-state index contributed by atoms with van der Waals surface area (Å²) in [6.07, 6.45) is 6.35. The predicted octanol–water partition coefficient (Wildman–Crippen LogP) is 6.10. The minimum atomic E-state index is -1.95. The Morgan fingerprint density at radius 3 is 2.42 bits per heavy atom. The number of aliphatic hydroxyl groups is 2. The largest absolute Gasteiger partial charge is 0.507 e. The van der Waals surface area contributed by atoms with E-state index in [1.807, 2.05) is 19.1 Å². The Kier molecular flexibility index (Phi) is 11.4. The van der Waals surface area contributed by atoms with Gasteiger partial charge in [0, 0.05) is 67.9 Å². The molecule has 14 nitrogen and oxygen atoms in total. The molecule has 0 saturated heterocycles. The number of anilines is 1. The van der Waals surface area contributed by atoms with Crippen LogP contribution in [0.4, 0.5) is 5.69 Å². The number of amides is 1. The average Bonchev–Trinajstić information content (AvgIpc) is 3.67. The van der Waals surface area contributed by atoms with Crippen molar-refractivity contribution in [1.82, 2.24) is 9.38 Å². The molecule has 14 heteroatoms. The van der Waals surface area contributed by atoms with E-state index >= 15 is 0 Å². The number of hydrogen-bond donors (Lipinski definition) is 5. The van der Waals surface area contributed by atoms with Crippen LogP contribution in [0.3, 0.4) is 0 Å². The number of aryl methyl sites for hydroxylation is 1. The number of imidazole rings is 1. The van der Waals surface area contributed by atoms with Gasteiger partial charge in [-0.15, -0.1) is 0 Å². The first-order valence-electron chi connectivity index (χ1n) is 19.1. The molecule has 0 saturated carbocycles. The van der Waals surface area contributed by atoms with Crippen molar-refractivity contribution in [2.24, 2.45) is 23.7 Å². The maximum Gasteiger partial charge on any atom is 0.312 e. The molecule has 2 aromatic heterocycles. The number of nitrogens with one attached hydrogen (secondary N) is 1. The third-order valence-electron chi connectivity index (χ3n) is 11.5. The second-order valence-electron chi connectivity index (χ2n) is 15.4. The van der Waals surface area contributed by atoms with E-state index in [0.717, 1.165) is 5.56 Å². The Hall–Kier alpha value is -5.44. The van der Waals surface area contributed by atoms with Crippen molar-refractivity contribution in [3.8, 4) is 17.2 Å². The summed E-state index contributed by atoms with van der Waals surface area (Å²) in [6.45, 7) is 13.3. The van der Waals surface area contributed by atoms with E-state index in [1.54, 1.807) is 63.4 Å². The number of hydrogen-bond acceptors (Lipinski definition) is 12. The number of benzene rings is 2. The number of methoxy groups -OCH3 is 1. The van der Waals surface area contributed by atoms with Gasteiger partial charge in [-0.2, -0.15) is 0 Å². The molecule has 9 atom stereocenters. The predicted molar refractivity (Wildman–Crippen MR) is 213 cm³/mol. The molecule has 5 heterocycles. The minimum absolute atomic E-state index is 0.00601. The number of aromatic nitrogens is 2. The van der Waals surface area contributed by atoms with Crippen LogP contribution in [0.5, 0.6) is 17.2 Å². The van der Waals surface area contributed by atoms with E-state index in [2.05, 4.69) is 5.32 Å². The van der Waals surface area contributed by atoms with Crippen LogP contribution < -0.4 is 10.1 Å². The van der Waals surface area contributed by atoms with Crippen LogP contribution in [0.2, 0.25) is 0 Å². The second-order valence-corrected chi connectivity index (χ2v) is 15.4. The molecule has 0 radical (unpaired) electrons. The number of ketones is 1. The van der Waals surface area contributed by atoms with Gasteiger partial charge in [-0.1, -0.05) is 52.8 Å². The number of aromatic hydroxyl groups is 2. The maximum absolute atomic E-state index is 14.5. The number of aliphatic hydroxyl groups excluding tert-OH is 2. The third-order valence-corrected chi connectivity index (χ3v) is 11.5. The highest BCUT2D eigenvalue weighted by Crippen LogP contribution is 2.52. The van der Waals surface area contributed by atoms with Gasteiger partial charge in [-0.05, 0) is 37.1 Å². The number of nitrogens with zero attached hydrogens (tertiary/aromatic N) is 2. The molecule has 7 rings (SSSR count). The van der Waals surface area contributed by atoms with Crippen LogP contribution >= 0.6 is 0 Å². The van der Waals surface area contributed by atoms with Crippen molar-refractivity contribution in [3.63, 3.8) is 0 Å². The number of allylic oxidation sites excluding steroid dienone is 2. The fourth-order valence-corrected chi connectivity index (χ4v) is 7.98. The molecule has 3 aliphatic heterocycles. The molecule has 3 aliphatic rings. The summed E-state index contributed by atoms with van der Waals surface area (Å²) < 4.78 is 25.3. The fraction of sp³-hybridized carbons (Fsp3) is 0.442. The Morgan fingerprint density at radius 1 is 1.04 bits per heavy atom. The monoisotopic (exact) mass is 785 g/mol. The highest BCUT2D eigenvalue weighted by atomic mass is 16.7. The molecule has 304 valence electrons. The minimum Gasteiger partial charge on any atom is -0.507 e. The second kappa shape index (κ2) is 15.8. The van der Waals surface area contributed by atoms with E-state index in [-0.39, 0.29) is 44.4 Å². The van der Waals surface area contributed by atoms with Crippen molar-refractivity contribution in [2.75, 3.05) is 12.4 Å². The van der Waals surface area contributed by atoms with Crippen LogP contribution in [0.1, 0.15) is 71.3 Å². The summed E-state index contributed by atoms with van der Waals surface area (Å²) >= 11 is 0. The molecule has 0 aliphatic carbocycles. The van der Waals surface area contributed by atoms with E-state index in [0.29, 0.717) is 12.1 Å².